The summed E-state index contributed by atoms with van der Waals surface area (Å²) in [6.45, 7) is 3.25. The summed E-state index contributed by atoms with van der Waals surface area (Å²) in [5.74, 6) is 0. The number of hydrogen-bond donors (Lipinski definition) is 1. The molecule has 17 heavy (non-hydrogen) atoms. The van der Waals surface area contributed by atoms with Crippen molar-refractivity contribution < 1.29 is 9.66 Å². The van der Waals surface area contributed by atoms with Gasteiger partial charge in [-0.05, 0) is 31.4 Å². The molecular weight excluding hydrogens is 220 g/mol. The molecule has 1 aliphatic heterocycles. The number of benzene rings is 1. The molecule has 0 aliphatic carbocycles. The molecule has 1 heterocycles. The van der Waals surface area contributed by atoms with Crippen molar-refractivity contribution in [2.24, 2.45) is 0 Å². The van der Waals surface area contributed by atoms with Crippen molar-refractivity contribution in [2.75, 3.05) is 18.5 Å². The largest absolute Gasteiger partial charge is 0.379 e. The van der Waals surface area contributed by atoms with Gasteiger partial charge in [-0.15, -0.1) is 0 Å². The smallest absolute Gasteiger partial charge is 0.292 e. The van der Waals surface area contributed by atoms with Gasteiger partial charge >= 0.3 is 0 Å². The summed E-state index contributed by atoms with van der Waals surface area (Å²) >= 11 is 0. The van der Waals surface area contributed by atoms with Crippen molar-refractivity contribution in [1.82, 2.24) is 0 Å². The van der Waals surface area contributed by atoms with Crippen LogP contribution in [0.25, 0.3) is 0 Å². The van der Waals surface area contributed by atoms with Crippen LogP contribution in [0.15, 0.2) is 18.2 Å². The molecule has 0 amide bonds. The molecule has 1 aromatic rings. The van der Waals surface area contributed by atoms with Crippen LogP contribution in [0.1, 0.15) is 18.4 Å². The van der Waals surface area contributed by atoms with E-state index in [0.717, 1.165) is 25.0 Å². The predicted molar refractivity (Wildman–Crippen MR) is 65.3 cm³/mol. The number of hydrogen-bond acceptors (Lipinski definition) is 4. The van der Waals surface area contributed by atoms with E-state index in [-0.39, 0.29) is 16.7 Å². The standard InChI is InChI=1S/C12H16N2O3/c1-9-4-5-11(12(7-9)14(15)16)13-10-3-2-6-17-8-10/h4-5,7,10,13H,2-3,6,8H2,1H3. The maximum absolute atomic E-state index is 10.9. The van der Waals surface area contributed by atoms with Crippen LogP contribution in [0.5, 0.6) is 0 Å². The average molecular weight is 236 g/mol. The Hall–Kier alpha value is -1.62. The van der Waals surface area contributed by atoms with Gasteiger partial charge in [0.05, 0.1) is 11.5 Å². The van der Waals surface area contributed by atoms with Crippen molar-refractivity contribution in [2.45, 2.75) is 25.8 Å². The molecule has 0 radical (unpaired) electrons. The first kappa shape index (κ1) is 11.9. The lowest BCUT2D eigenvalue weighted by atomic mass is 10.1. The number of nitrogens with one attached hydrogen (secondary N) is 1. The molecule has 1 aromatic carbocycles. The molecule has 0 bridgehead atoms. The number of rotatable bonds is 3. The fraction of sp³-hybridized carbons (Fsp3) is 0.500. The lowest BCUT2D eigenvalue weighted by Crippen LogP contribution is -2.30. The third kappa shape index (κ3) is 2.94. The predicted octanol–water partition coefficient (Wildman–Crippen LogP) is 2.49. The zero-order valence-corrected chi connectivity index (χ0v) is 9.81. The fourth-order valence-corrected chi connectivity index (χ4v) is 1.99. The third-order valence-corrected chi connectivity index (χ3v) is 2.87. The first-order chi connectivity index (χ1) is 8.16. The van der Waals surface area contributed by atoms with E-state index in [0.29, 0.717) is 12.3 Å². The lowest BCUT2D eigenvalue weighted by molar-refractivity contribution is -0.384. The van der Waals surface area contributed by atoms with Gasteiger partial charge in [0, 0.05) is 18.7 Å². The average Bonchev–Trinajstić information content (AvgIpc) is 2.32. The summed E-state index contributed by atoms with van der Waals surface area (Å²) in [6.07, 6.45) is 1.99. The quantitative estimate of drug-likeness (QED) is 0.647. The first-order valence-corrected chi connectivity index (χ1v) is 5.76. The van der Waals surface area contributed by atoms with E-state index in [1.54, 1.807) is 12.1 Å². The van der Waals surface area contributed by atoms with Gasteiger partial charge in [-0.25, -0.2) is 0 Å². The second kappa shape index (κ2) is 5.14. The summed E-state index contributed by atoms with van der Waals surface area (Å²) < 4.78 is 5.35. The first-order valence-electron chi connectivity index (χ1n) is 5.76. The van der Waals surface area contributed by atoms with Gasteiger partial charge in [-0.1, -0.05) is 6.07 Å². The van der Waals surface area contributed by atoms with Gasteiger partial charge in [-0.2, -0.15) is 0 Å². The minimum Gasteiger partial charge on any atom is -0.379 e. The number of ether oxygens (including phenoxy) is 1. The van der Waals surface area contributed by atoms with Crippen LogP contribution in [0.2, 0.25) is 0 Å². The number of nitro groups is 1. The van der Waals surface area contributed by atoms with Gasteiger partial charge in [-0.3, -0.25) is 10.1 Å². The van der Waals surface area contributed by atoms with Crippen LogP contribution in [0.3, 0.4) is 0 Å². The van der Waals surface area contributed by atoms with Crippen LogP contribution in [0.4, 0.5) is 11.4 Å². The third-order valence-electron chi connectivity index (χ3n) is 2.87. The minimum atomic E-state index is -0.348. The summed E-state index contributed by atoms with van der Waals surface area (Å²) in [5, 5.41) is 14.1. The SMILES string of the molecule is Cc1ccc(NC2CCCOC2)c([N+](=O)[O-])c1. The fourth-order valence-electron chi connectivity index (χ4n) is 1.99. The summed E-state index contributed by atoms with van der Waals surface area (Å²) in [5.41, 5.74) is 1.61. The van der Waals surface area contributed by atoms with Crippen molar-refractivity contribution in [3.05, 3.63) is 33.9 Å². The second-order valence-corrected chi connectivity index (χ2v) is 4.34. The van der Waals surface area contributed by atoms with Crippen molar-refractivity contribution in [1.29, 1.82) is 0 Å². The lowest BCUT2D eigenvalue weighted by Gasteiger charge is -2.24. The Bertz CT molecular complexity index is 414. The molecule has 1 saturated heterocycles. The zero-order valence-electron chi connectivity index (χ0n) is 9.81. The Morgan fingerprint density at radius 2 is 2.35 bits per heavy atom. The highest BCUT2D eigenvalue weighted by Crippen LogP contribution is 2.27. The summed E-state index contributed by atoms with van der Waals surface area (Å²) in [4.78, 5) is 10.6. The van der Waals surface area contributed by atoms with E-state index in [1.807, 2.05) is 13.0 Å². The van der Waals surface area contributed by atoms with E-state index in [4.69, 9.17) is 4.74 Å². The monoisotopic (exact) mass is 236 g/mol. The van der Waals surface area contributed by atoms with Crippen molar-refractivity contribution in [3.8, 4) is 0 Å². The summed E-state index contributed by atoms with van der Waals surface area (Å²) in [7, 11) is 0. The molecule has 1 N–H and O–H groups in total. The van der Waals surface area contributed by atoms with Crippen LogP contribution in [-0.2, 0) is 4.74 Å². The maximum atomic E-state index is 10.9. The van der Waals surface area contributed by atoms with Gasteiger partial charge in [0.15, 0.2) is 0 Å². The van der Waals surface area contributed by atoms with Gasteiger partial charge in [0.1, 0.15) is 5.69 Å². The highest BCUT2D eigenvalue weighted by molar-refractivity contribution is 5.63. The van der Waals surface area contributed by atoms with E-state index in [9.17, 15) is 10.1 Å². The van der Waals surface area contributed by atoms with E-state index in [1.165, 1.54) is 0 Å². The van der Waals surface area contributed by atoms with Crippen LogP contribution >= 0.6 is 0 Å². The molecule has 1 fully saturated rings. The molecule has 0 spiro atoms. The Kier molecular flexibility index (Phi) is 3.58. The zero-order chi connectivity index (χ0) is 12.3. The Morgan fingerprint density at radius 1 is 1.53 bits per heavy atom. The van der Waals surface area contributed by atoms with Crippen molar-refractivity contribution >= 4 is 11.4 Å². The number of nitrogens with zero attached hydrogens (tertiary/aromatic N) is 1. The number of anilines is 1. The van der Waals surface area contributed by atoms with Gasteiger partial charge < -0.3 is 10.1 Å². The molecule has 5 heteroatoms. The molecule has 0 aromatic heterocycles. The topological polar surface area (TPSA) is 64.4 Å². The normalized spacial score (nSPS) is 19.9. The highest BCUT2D eigenvalue weighted by atomic mass is 16.6. The van der Waals surface area contributed by atoms with Crippen LogP contribution in [0, 0.1) is 17.0 Å². The second-order valence-electron chi connectivity index (χ2n) is 4.34. The number of aryl methyl sites for hydroxylation is 1. The molecule has 2 rings (SSSR count). The van der Waals surface area contributed by atoms with E-state index < -0.39 is 0 Å². The molecule has 1 atom stereocenters. The Balaban J connectivity index is 2.16. The molecule has 1 unspecified atom stereocenters. The molecule has 1 aliphatic rings. The number of nitro benzene ring substituents is 1. The highest BCUT2D eigenvalue weighted by Gasteiger charge is 2.19. The van der Waals surface area contributed by atoms with Gasteiger partial charge in [0.2, 0.25) is 0 Å². The molecular formula is C12H16N2O3. The maximum Gasteiger partial charge on any atom is 0.292 e. The Labute approximate surface area is 99.9 Å². The van der Waals surface area contributed by atoms with Crippen LogP contribution in [-0.4, -0.2) is 24.2 Å². The molecule has 5 nitrogen and oxygen atoms in total. The van der Waals surface area contributed by atoms with E-state index in [2.05, 4.69) is 5.32 Å². The summed E-state index contributed by atoms with van der Waals surface area (Å²) in [6, 6.07) is 5.40. The van der Waals surface area contributed by atoms with Gasteiger partial charge in [0.25, 0.3) is 5.69 Å². The van der Waals surface area contributed by atoms with Crippen LogP contribution < -0.4 is 5.32 Å². The molecule has 0 saturated carbocycles. The minimum absolute atomic E-state index is 0.135. The Morgan fingerprint density at radius 3 is 3.00 bits per heavy atom. The van der Waals surface area contributed by atoms with E-state index >= 15 is 0 Å². The van der Waals surface area contributed by atoms with Crippen molar-refractivity contribution in [3.63, 3.8) is 0 Å². The molecule has 92 valence electrons.